The molecule has 54 valence electrons. The minimum absolute atomic E-state index is 0.838. The summed E-state index contributed by atoms with van der Waals surface area (Å²) >= 11 is 0. The maximum atomic E-state index is 2.51. The van der Waals surface area contributed by atoms with Gasteiger partial charge in [-0.25, -0.2) is 0 Å². The number of rotatable bonds is 3. The first kappa shape index (κ1) is 7.07. The summed E-state index contributed by atoms with van der Waals surface area (Å²) in [6.45, 7) is 9.59. The molecule has 0 saturated carbocycles. The van der Waals surface area contributed by atoms with E-state index >= 15 is 0 Å². The molecule has 0 N–H and O–H groups in total. The molecule has 0 amide bonds. The van der Waals surface area contributed by atoms with E-state index in [1.807, 2.05) is 0 Å². The average Bonchev–Trinajstić information content (AvgIpc) is 2.40. The maximum Gasteiger partial charge on any atom is 0.0113 e. The molecule has 0 unspecified atom stereocenters. The Bertz CT molecular complexity index is 84.6. The molecule has 0 spiro atoms. The van der Waals surface area contributed by atoms with E-state index in [0.29, 0.717) is 0 Å². The van der Waals surface area contributed by atoms with Crippen molar-refractivity contribution in [3.63, 3.8) is 0 Å². The summed E-state index contributed by atoms with van der Waals surface area (Å²) in [5.41, 5.74) is 0. The van der Waals surface area contributed by atoms with Gasteiger partial charge < -0.3 is 0 Å². The van der Waals surface area contributed by atoms with Crippen LogP contribution in [0, 0.1) is 5.92 Å². The lowest BCUT2D eigenvalue weighted by atomic mass is 10.1. The molecule has 1 saturated heterocycles. The molecule has 1 aliphatic heterocycles. The quantitative estimate of drug-likeness (QED) is 0.522. The van der Waals surface area contributed by atoms with Crippen molar-refractivity contribution in [1.29, 1.82) is 0 Å². The Morgan fingerprint density at radius 2 is 1.78 bits per heavy atom. The second-order valence-electron chi connectivity index (χ2n) is 3.51. The standard InChI is InChI=1S/C8H17N/c1-7(2)6-8(3)9-4-5-9/h7-8H,4-6H2,1-3H3/t8-/m1/s1. The first-order chi connectivity index (χ1) is 4.20. The van der Waals surface area contributed by atoms with Crippen LogP contribution in [0.25, 0.3) is 0 Å². The lowest BCUT2D eigenvalue weighted by molar-refractivity contribution is 0.359. The molecule has 1 fully saturated rings. The van der Waals surface area contributed by atoms with E-state index in [0.717, 1.165) is 12.0 Å². The monoisotopic (exact) mass is 127 g/mol. The lowest BCUT2D eigenvalue weighted by Gasteiger charge is -2.13. The van der Waals surface area contributed by atoms with Crippen molar-refractivity contribution in [2.75, 3.05) is 13.1 Å². The zero-order chi connectivity index (χ0) is 6.85. The van der Waals surface area contributed by atoms with E-state index in [1.165, 1.54) is 19.5 Å². The van der Waals surface area contributed by atoms with Gasteiger partial charge in [0, 0.05) is 19.1 Å². The van der Waals surface area contributed by atoms with Crippen LogP contribution in [0.15, 0.2) is 0 Å². The smallest absolute Gasteiger partial charge is 0.0113 e. The second kappa shape index (κ2) is 2.70. The predicted molar refractivity (Wildman–Crippen MR) is 40.5 cm³/mol. The van der Waals surface area contributed by atoms with Crippen LogP contribution in [0.4, 0.5) is 0 Å². The zero-order valence-electron chi connectivity index (χ0n) is 6.72. The summed E-state index contributed by atoms with van der Waals surface area (Å²) in [4.78, 5) is 2.51. The molecule has 0 bridgehead atoms. The van der Waals surface area contributed by atoms with Crippen molar-refractivity contribution >= 4 is 0 Å². The fourth-order valence-electron chi connectivity index (χ4n) is 1.33. The minimum Gasteiger partial charge on any atom is -0.298 e. The molecule has 1 aliphatic rings. The van der Waals surface area contributed by atoms with E-state index in [9.17, 15) is 0 Å². The zero-order valence-corrected chi connectivity index (χ0v) is 6.72. The van der Waals surface area contributed by atoms with Crippen molar-refractivity contribution in [3.8, 4) is 0 Å². The third-order valence-corrected chi connectivity index (χ3v) is 1.92. The van der Waals surface area contributed by atoms with Crippen LogP contribution >= 0.6 is 0 Å². The normalized spacial score (nSPS) is 22.7. The Kier molecular flexibility index (Phi) is 2.12. The lowest BCUT2D eigenvalue weighted by Crippen LogP contribution is -2.16. The molecule has 1 heterocycles. The molecule has 0 aliphatic carbocycles. The molecule has 1 heteroatoms. The fourth-order valence-corrected chi connectivity index (χ4v) is 1.33. The molecule has 1 nitrogen and oxygen atoms in total. The van der Waals surface area contributed by atoms with E-state index in [1.54, 1.807) is 0 Å². The molecule has 0 aromatic rings. The minimum atomic E-state index is 0.838. The van der Waals surface area contributed by atoms with Crippen molar-refractivity contribution in [3.05, 3.63) is 0 Å². The van der Waals surface area contributed by atoms with E-state index in [-0.39, 0.29) is 0 Å². The first-order valence-corrected chi connectivity index (χ1v) is 3.94. The van der Waals surface area contributed by atoms with Gasteiger partial charge in [-0.1, -0.05) is 13.8 Å². The summed E-state index contributed by atoms with van der Waals surface area (Å²) in [5.74, 6) is 0.862. The Hall–Kier alpha value is -0.0400. The van der Waals surface area contributed by atoms with Gasteiger partial charge in [0.1, 0.15) is 0 Å². The molecular weight excluding hydrogens is 110 g/mol. The van der Waals surface area contributed by atoms with E-state index in [2.05, 4.69) is 25.7 Å². The van der Waals surface area contributed by atoms with Crippen LogP contribution in [0.2, 0.25) is 0 Å². The van der Waals surface area contributed by atoms with Gasteiger partial charge in [-0.05, 0) is 19.3 Å². The molecule has 0 aromatic heterocycles. The Morgan fingerprint density at radius 3 is 2.11 bits per heavy atom. The molecular formula is C8H17N. The number of nitrogens with zero attached hydrogens (tertiary/aromatic N) is 1. The third-order valence-electron chi connectivity index (χ3n) is 1.92. The molecule has 1 rings (SSSR count). The SMILES string of the molecule is CC(C)C[C@@H](C)N1CC1. The summed E-state index contributed by atoms with van der Waals surface area (Å²) in [7, 11) is 0. The van der Waals surface area contributed by atoms with Crippen molar-refractivity contribution < 1.29 is 0 Å². The van der Waals surface area contributed by atoms with Gasteiger partial charge in [-0.2, -0.15) is 0 Å². The highest BCUT2D eigenvalue weighted by molar-refractivity contribution is 4.79. The Morgan fingerprint density at radius 1 is 1.22 bits per heavy atom. The van der Waals surface area contributed by atoms with Crippen LogP contribution in [-0.2, 0) is 0 Å². The first-order valence-electron chi connectivity index (χ1n) is 3.94. The van der Waals surface area contributed by atoms with Gasteiger partial charge in [-0.15, -0.1) is 0 Å². The van der Waals surface area contributed by atoms with Gasteiger partial charge in [0.25, 0.3) is 0 Å². The largest absolute Gasteiger partial charge is 0.298 e. The van der Waals surface area contributed by atoms with Crippen LogP contribution in [-0.4, -0.2) is 24.0 Å². The highest BCUT2D eigenvalue weighted by Gasteiger charge is 2.23. The summed E-state index contributed by atoms with van der Waals surface area (Å²) in [5, 5.41) is 0. The average molecular weight is 127 g/mol. The Balaban J connectivity index is 2.10. The van der Waals surface area contributed by atoms with Gasteiger partial charge in [0.2, 0.25) is 0 Å². The molecule has 9 heavy (non-hydrogen) atoms. The van der Waals surface area contributed by atoms with Crippen LogP contribution < -0.4 is 0 Å². The van der Waals surface area contributed by atoms with Gasteiger partial charge in [0.15, 0.2) is 0 Å². The number of hydrogen-bond acceptors (Lipinski definition) is 1. The highest BCUT2D eigenvalue weighted by atomic mass is 15.3. The highest BCUT2D eigenvalue weighted by Crippen LogP contribution is 2.16. The van der Waals surface area contributed by atoms with E-state index < -0.39 is 0 Å². The van der Waals surface area contributed by atoms with Crippen LogP contribution in [0.5, 0.6) is 0 Å². The van der Waals surface area contributed by atoms with Crippen LogP contribution in [0.3, 0.4) is 0 Å². The summed E-state index contributed by atoms with van der Waals surface area (Å²) in [6, 6.07) is 0.838. The van der Waals surface area contributed by atoms with Crippen molar-refractivity contribution in [1.82, 2.24) is 4.90 Å². The summed E-state index contributed by atoms with van der Waals surface area (Å²) in [6.07, 6.45) is 1.36. The van der Waals surface area contributed by atoms with E-state index in [4.69, 9.17) is 0 Å². The van der Waals surface area contributed by atoms with Crippen molar-refractivity contribution in [2.45, 2.75) is 33.2 Å². The third kappa shape index (κ3) is 2.35. The molecule has 0 aromatic carbocycles. The maximum absolute atomic E-state index is 2.51. The van der Waals surface area contributed by atoms with Crippen LogP contribution in [0.1, 0.15) is 27.2 Å². The summed E-state index contributed by atoms with van der Waals surface area (Å²) < 4.78 is 0. The van der Waals surface area contributed by atoms with Crippen molar-refractivity contribution in [2.24, 2.45) is 5.92 Å². The van der Waals surface area contributed by atoms with Gasteiger partial charge in [-0.3, -0.25) is 4.90 Å². The fraction of sp³-hybridized carbons (Fsp3) is 1.00. The topological polar surface area (TPSA) is 3.01 Å². The van der Waals surface area contributed by atoms with Gasteiger partial charge in [0.05, 0.1) is 0 Å². The number of hydrogen-bond donors (Lipinski definition) is 0. The second-order valence-corrected chi connectivity index (χ2v) is 3.51. The molecule has 0 radical (unpaired) electrons. The predicted octanol–water partition coefficient (Wildman–Crippen LogP) is 1.74. The Labute approximate surface area is 58.0 Å². The van der Waals surface area contributed by atoms with Gasteiger partial charge >= 0.3 is 0 Å². The molecule has 1 atom stereocenters.